The van der Waals surface area contributed by atoms with E-state index in [-0.39, 0.29) is 11.5 Å². The molecule has 0 spiro atoms. The van der Waals surface area contributed by atoms with E-state index in [9.17, 15) is 5.11 Å². The van der Waals surface area contributed by atoms with Crippen LogP contribution in [0.4, 0.5) is 0 Å². The number of hydrogen-bond donors (Lipinski definition) is 1. The van der Waals surface area contributed by atoms with Crippen LogP contribution < -0.4 is 0 Å². The van der Waals surface area contributed by atoms with E-state index in [1.54, 1.807) is 5.57 Å². The van der Waals surface area contributed by atoms with Gasteiger partial charge >= 0.3 is 0 Å². The van der Waals surface area contributed by atoms with E-state index in [0.717, 1.165) is 44.3 Å². The second kappa shape index (κ2) is 8.34. The molecule has 23 heavy (non-hydrogen) atoms. The minimum Gasteiger partial charge on any atom is -0.496 e. The van der Waals surface area contributed by atoms with Crippen molar-refractivity contribution in [3.63, 3.8) is 0 Å². The minimum absolute atomic E-state index is 0.254. The molecule has 0 amide bonds. The van der Waals surface area contributed by atoms with Crippen molar-refractivity contribution in [2.24, 2.45) is 11.3 Å². The number of aliphatic hydroxyl groups excluding tert-OH is 1. The fraction of sp³-hybridized carbons (Fsp3) is 0.800. The first kappa shape index (κ1) is 18.5. The third kappa shape index (κ3) is 4.84. The van der Waals surface area contributed by atoms with Gasteiger partial charge in [0, 0.05) is 13.5 Å². The molecule has 0 bridgehead atoms. The summed E-state index contributed by atoms with van der Waals surface area (Å²) in [6.07, 6.45) is 12.1. The molecule has 0 aromatic rings. The van der Waals surface area contributed by atoms with Crippen LogP contribution in [0, 0.1) is 11.3 Å². The van der Waals surface area contributed by atoms with Gasteiger partial charge in [-0.3, -0.25) is 0 Å². The molecule has 0 saturated heterocycles. The Labute approximate surface area is 141 Å². The van der Waals surface area contributed by atoms with Gasteiger partial charge in [-0.25, -0.2) is 0 Å². The summed E-state index contributed by atoms with van der Waals surface area (Å²) >= 11 is 0. The lowest BCUT2D eigenvalue weighted by Crippen LogP contribution is -2.30. The summed E-state index contributed by atoms with van der Waals surface area (Å²) in [6.45, 7) is 7.21. The second-order valence-corrected chi connectivity index (χ2v) is 7.60. The summed E-state index contributed by atoms with van der Waals surface area (Å²) < 4.78 is 11.2. The van der Waals surface area contributed by atoms with Gasteiger partial charge in [0.05, 0.1) is 18.0 Å². The Hall–Kier alpha value is -0.800. The molecule has 3 nitrogen and oxygen atoms in total. The van der Waals surface area contributed by atoms with Crippen LogP contribution >= 0.6 is 0 Å². The van der Waals surface area contributed by atoms with Crippen LogP contribution in [0.1, 0.15) is 65.7 Å². The molecular formula is C20H34O3. The molecular weight excluding hydrogens is 288 g/mol. The zero-order valence-corrected chi connectivity index (χ0v) is 15.3. The van der Waals surface area contributed by atoms with Crippen LogP contribution in [0.25, 0.3) is 0 Å². The maximum atomic E-state index is 9.61. The summed E-state index contributed by atoms with van der Waals surface area (Å²) in [5.74, 6) is 1.75. The van der Waals surface area contributed by atoms with Gasteiger partial charge in [0.2, 0.25) is 0 Å². The highest BCUT2D eigenvalue weighted by molar-refractivity contribution is 5.19. The van der Waals surface area contributed by atoms with Crippen LogP contribution in [0.3, 0.4) is 0 Å². The molecule has 0 aliphatic heterocycles. The van der Waals surface area contributed by atoms with E-state index >= 15 is 0 Å². The van der Waals surface area contributed by atoms with Crippen molar-refractivity contribution in [2.75, 3.05) is 13.7 Å². The van der Waals surface area contributed by atoms with Gasteiger partial charge in [-0.2, -0.15) is 0 Å². The third-order valence-corrected chi connectivity index (χ3v) is 5.85. The first-order chi connectivity index (χ1) is 11.0. The molecule has 0 radical (unpaired) electrons. The maximum absolute atomic E-state index is 9.61. The molecule has 0 heterocycles. The lowest BCUT2D eigenvalue weighted by atomic mass is 9.66. The van der Waals surface area contributed by atoms with Crippen molar-refractivity contribution >= 4 is 0 Å². The lowest BCUT2D eigenvalue weighted by molar-refractivity contribution is 0.0598. The number of methoxy groups -OCH3 is 1. The summed E-state index contributed by atoms with van der Waals surface area (Å²) in [5, 5.41) is 9.61. The molecule has 2 aliphatic carbocycles. The predicted molar refractivity (Wildman–Crippen MR) is 94.2 cm³/mol. The Balaban J connectivity index is 1.90. The van der Waals surface area contributed by atoms with Gasteiger partial charge in [0.15, 0.2) is 0 Å². The summed E-state index contributed by atoms with van der Waals surface area (Å²) in [4.78, 5) is 0. The van der Waals surface area contributed by atoms with E-state index in [2.05, 4.69) is 26.0 Å². The smallest absolute Gasteiger partial charge is 0.114 e. The van der Waals surface area contributed by atoms with Crippen molar-refractivity contribution in [3.05, 3.63) is 23.5 Å². The topological polar surface area (TPSA) is 38.7 Å². The Kier molecular flexibility index (Phi) is 6.72. The van der Waals surface area contributed by atoms with Crippen molar-refractivity contribution in [3.8, 4) is 0 Å². The fourth-order valence-electron chi connectivity index (χ4n) is 3.79. The Morgan fingerprint density at radius 1 is 1.22 bits per heavy atom. The molecule has 1 N–H and O–H groups in total. The third-order valence-electron chi connectivity index (χ3n) is 5.85. The first-order valence-electron chi connectivity index (χ1n) is 9.19. The zero-order valence-electron chi connectivity index (χ0n) is 15.3. The van der Waals surface area contributed by atoms with Crippen LogP contribution in [-0.4, -0.2) is 31.0 Å². The van der Waals surface area contributed by atoms with E-state index in [4.69, 9.17) is 9.47 Å². The van der Waals surface area contributed by atoms with Crippen molar-refractivity contribution in [2.45, 2.75) is 77.9 Å². The predicted octanol–water partition coefficient (Wildman–Crippen LogP) is 4.61. The maximum Gasteiger partial charge on any atom is 0.114 e. The van der Waals surface area contributed by atoms with Crippen LogP contribution in [-0.2, 0) is 9.47 Å². The van der Waals surface area contributed by atoms with Crippen molar-refractivity contribution < 1.29 is 14.6 Å². The van der Waals surface area contributed by atoms with Crippen molar-refractivity contribution in [1.29, 1.82) is 0 Å². The van der Waals surface area contributed by atoms with Crippen LogP contribution in [0.15, 0.2) is 23.5 Å². The molecule has 3 unspecified atom stereocenters. The average molecular weight is 322 g/mol. The quantitative estimate of drug-likeness (QED) is 0.696. The van der Waals surface area contributed by atoms with Crippen molar-refractivity contribution in [1.82, 2.24) is 0 Å². The first-order valence-corrected chi connectivity index (χ1v) is 9.19. The molecule has 132 valence electrons. The summed E-state index contributed by atoms with van der Waals surface area (Å²) in [5.41, 5.74) is 1.86. The Morgan fingerprint density at radius 2 is 2.00 bits per heavy atom. The van der Waals surface area contributed by atoms with Gasteiger partial charge in [0.1, 0.15) is 6.61 Å². The van der Waals surface area contributed by atoms with Crippen LogP contribution in [0.2, 0.25) is 0 Å². The number of hydrogen-bond acceptors (Lipinski definition) is 3. The van der Waals surface area contributed by atoms with Gasteiger partial charge in [-0.05, 0) is 55.9 Å². The zero-order chi connectivity index (χ0) is 16.9. The van der Waals surface area contributed by atoms with Gasteiger partial charge in [-0.1, -0.05) is 32.4 Å². The van der Waals surface area contributed by atoms with Gasteiger partial charge in [0.25, 0.3) is 0 Å². The van der Waals surface area contributed by atoms with E-state index in [0.29, 0.717) is 18.6 Å². The Morgan fingerprint density at radius 3 is 2.52 bits per heavy atom. The van der Waals surface area contributed by atoms with E-state index < -0.39 is 0 Å². The fourth-order valence-corrected chi connectivity index (χ4v) is 3.79. The number of rotatable bonds is 7. The molecule has 2 aliphatic rings. The number of aliphatic hydroxyl groups is 1. The second-order valence-electron chi connectivity index (χ2n) is 7.60. The SMILES string of the molecule is CCC(O)COC1=CCC(C(C)(C)C2=CCC(OC)CC2)CC1. The Bertz CT molecular complexity index is 436. The molecule has 0 aromatic heterocycles. The molecule has 0 saturated carbocycles. The molecule has 3 heteroatoms. The van der Waals surface area contributed by atoms with E-state index in [1.165, 1.54) is 6.42 Å². The monoisotopic (exact) mass is 322 g/mol. The molecule has 0 aromatic carbocycles. The average Bonchev–Trinajstić information content (AvgIpc) is 2.60. The summed E-state index contributed by atoms with van der Waals surface area (Å²) in [7, 11) is 1.82. The standard InChI is InChI=1S/C20H34O3/c1-5-17(21)14-23-19-12-8-16(9-13-19)20(2,3)15-6-10-18(22-4)11-7-15/h6,12,16-18,21H,5,7-11,13-14H2,1-4H3. The largest absolute Gasteiger partial charge is 0.496 e. The van der Waals surface area contributed by atoms with E-state index in [1.807, 2.05) is 14.0 Å². The highest BCUT2D eigenvalue weighted by Crippen LogP contribution is 2.45. The highest BCUT2D eigenvalue weighted by atomic mass is 16.5. The molecule has 3 atom stereocenters. The lowest BCUT2D eigenvalue weighted by Gasteiger charge is -2.40. The minimum atomic E-state index is -0.341. The van der Waals surface area contributed by atoms with Crippen LogP contribution in [0.5, 0.6) is 0 Å². The molecule has 0 fully saturated rings. The van der Waals surface area contributed by atoms with Gasteiger partial charge in [-0.15, -0.1) is 0 Å². The van der Waals surface area contributed by atoms with Gasteiger partial charge < -0.3 is 14.6 Å². The normalized spacial score (nSPS) is 27.2. The summed E-state index contributed by atoms with van der Waals surface area (Å²) in [6, 6.07) is 0. The number of allylic oxidation sites excluding steroid dienone is 3. The number of ether oxygens (including phenoxy) is 2. The molecule has 2 rings (SSSR count). The highest BCUT2D eigenvalue weighted by Gasteiger charge is 2.35.